The molecule has 2 heteroatoms. The van der Waals surface area contributed by atoms with E-state index in [1.807, 2.05) is 19.1 Å². The van der Waals surface area contributed by atoms with E-state index in [9.17, 15) is 5.11 Å². The van der Waals surface area contributed by atoms with Crippen LogP contribution in [-0.4, -0.2) is 15.3 Å². The van der Waals surface area contributed by atoms with Crippen LogP contribution in [0.1, 0.15) is 24.2 Å². The van der Waals surface area contributed by atoms with Crippen molar-refractivity contribution in [3.8, 4) is 0 Å². The Morgan fingerprint density at radius 1 is 1.00 bits per heavy atom. The smallest absolute Gasteiger partial charge is 0.0767 e. The van der Waals surface area contributed by atoms with Crippen LogP contribution in [0.5, 0.6) is 0 Å². The van der Waals surface area contributed by atoms with Crippen molar-refractivity contribution in [2.45, 2.75) is 25.5 Å². The summed E-state index contributed by atoms with van der Waals surface area (Å²) in [7, 11) is 3.61. The molecular weight excluding hydrogens is 260 g/mol. The first-order chi connectivity index (χ1) is 9.72. The summed E-state index contributed by atoms with van der Waals surface area (Å²) in [5, 5.41) is 15.0. The van der Waals surface area contributed by atoms with Gasteiger partial charge in [0.05, 0.1) is 6.10 Å². The topological polar surface area (TPSA) is 20.2 Å². The number of hydrogen-bond acceptors (Lipinski definition) is 1. The molecule has 0 spiro atoms. The van der Waals surface area contributed by atoms with Gasteiger partial charge in [0, 0.05) is 10.2 Å². The summed E-state index contributed by atoms with van der Waals surface area (Å²) in [5.74, 6) is 0. The molecule has 0 bridgehead atoms. The van der Waals surface area contributed by atoms with Crippen molar-refractivity contribution in [3.05, 3.63) is 59.7 Å². The van der Waals surface area contributed by atoms with Gasteiger partial charge in [0.2, 0.25) is 0 Å². The average Bonchev–Trinajstić information content (AvgIpc) is 2.46. The Hall–Kier alpha value is -1.64. The highest BCUT2D eigenvalue weighted by Gasteiger charge is 2.11. The predicted octanol–water partition coefficient (Wildman–Crippen LogP) is 4.18. The van der Waals surface area contributed by atoms with E-state index in [1.165, 1.54) is 21.7 Å². The van der Waals surface area contributed by atoms with E-state index in [0.717, 1.165) is 23.4 Å². The maximum absolute atomic E-state index is 10.0. The summed E-state index contributed by atoms with van der Waals surface area (Å²) in [6, 6.07) is 17.8. The predicted molar refractivity (Wildman–Crippen MR) is 86.4 cm³/mol. The first kappa shape index (κ1) is 13.3. The molecule has 0 saturated carbocycles. The van der Waals surface area contributed by atoms with Crippen molar-refractivity contribution in [1.82, 2.24) is 0 Å². The zero-order valence-corrected chi connectivity index (χ0v) is 12.6. The molecule has 1 unspecified atom stereocenters. The lowest BCUT2D eigenvalue weighted by molar-refractivity contribution is 0.201. The van der Waals surface area contributed by atoms with Crippen molar-refractivity contribution < 1.29 is 5.11 Å². The Morgan fingerprint density at radius 3 is 2.50 bits per heavy atom. The van der Waals surface area contributed by atoms with Crippen LogP contribution in [0.2, 0.25) is 6.04 Å². The molecule has 0 saturated heterocycles. The molecule has 20 heavy (non-hydrogen) atoms. The van der Waals surface area contributed by atoms with Crippen molar-refractivity contribution in [2.24, 2.45) is 0 Å². The van der Waals surface area contributed by atoms with Crippen LogP contribution in [0.3, 0.4) is 0 Å². The fraction of sp³-hybridized carbons (Fsp3) is 0.222. The highest BCUT2D eigenvalue weighted by atomic mass is 28.1. The third-order valence-electron chi connectivity index (χ3n) is 3.88. The van der Waals surface area contributed by atoms with Crippen LogP contribution >= 0.6 is 0 Å². The first-order valence-electron chi connectivity index (χ1n) is 6.98. The van der Waals surface area contributed by atoms with Crippen molar-refractivity contribution >= 4 is 31.8 Å². The summed E-state index contributed by atoms with van der Waals surface area (Å²) in [4.78, 5) is 0. The molecule has 3 radical (unpaired) electrons. The molecule has 0 aliphatic heterocycles. The molecule has 3 aromatic rings. The van der Waals surface area contributed by atoms with E-state index < -0.39 is 6.10 Å². The minimum Gasteiger partial charge on any atom is -0.389 e. The van der Waals surface area contributed by atoms with Gasteiger partial charge in [0.25, 0.3) is 0 Å². The number of benzene rings is 3. The number of rotatable bonds is 3. The van der Waals surface area contributed by atoms with Crippen molar-refractivity contribution in [2.75, 3.05) is 0 Å². The van der Waals surface area contributed by atoms with E-state index >= 15 is 0 Å². The normalized spacial score (nSPS) is 12.9. The van der Waals surface area contributed by atoms with E-state index in [2.05, 4.69) is 46.6 Å². The minimum absolute atomic E-state index is 0.448. The first-order valence-corrected chi connectivity index (χ1v) is 7.69. The second-order valence-corrected chi connectivity index (χ2v) is 5.69. The van der Waals surface area contributed by atoms with Crippen LogP contribution in [0.25, 0.3) is 21.5 Å². The lowest BCUT2D eigenvalue weighted by Gasteiger charge is -2.15. The van der Waals surface area contributed by atoms with Crippen LogP contribution < -0.4 is 0 Å². The van der Waals surface area contributed by atoms with E-state index in [4.69, 9.17) is 0 Å². The van der Waals surface area contributed by atoms with Gasteiger partial charge in [-0.3, -0.25) is 0 Å². The van der Waals surface area contributed by atoms with Gasteiger partial charge in [0.15, 0.2) is 0 Å². The highest BCUT2D eigenvalue weighted by molar-refractivity contribution is 6.09. The van der Waals surface area contributed by atoms with Crippen LogP contribution in [0, 0.1) is 0 Å². The molecule has 99 valence electrons. The molecule has 0 aromatic heterocycles. The summed E-state index contributed by atoms with van der Waals surface area (Å²) >= 11 is 0. The minimum atomic E-state index is -0.448. The Balaban J connectivity index is 2.46. The number of hydrogen-bond donors (Lipinski definition) is 1. The molecule has 0 fully saturated rings. The van der Waals surface area contributed by atoms with Crippen molar-refractivity contribution in [1.29, 1.82) is 0 Å². The van der Waals surface area contributed by atoms with Gasteiger partial charge in [-0.1, -0.05) is 48.5 Å². The molecular formula is C18H17OSi. The molecule has 0 amide bonds. The van der Waals surface area contributed by atoms with Crippen molar-refractivity contribution in [3.63, 3.8) is 0 Å². The number of aliphatic hydroxyl groups excluding tert-OH is 1. The molecule has 0 aliphatic rings. The Morgan fingerprint density at radius 2 is 1.75 bits per heavy atom. The SMILES string of the molecule is CC(O)c1cccc2c(CC[Si])c3ccccc3cc12. The molecule has 3 rings (SSSR count). The lowest BCUT2D eigenvalue weighted by atomic mass is 9.91. The van der Waals surface area contributed by atoms with E-state index in [1.54, 1.807) is 0 Å². The van der Waals surface area contributed by atoms with Gasteiger partial charge in [-0.2, -0.15) is 0 Å². The molecule has 3 aromatic carbocycles. The zero-order chi connectivity index (χ0) is 14.1. The Labute approximate surface area is 122 Å². The second-order valence-electron chi connectivity index (χ2n) is 5.19. The summed E-state index contributed by atoms with van der Waals surface area (Å²) in [6.07, 6.45) is 0.536. The maximum atomic E-state index is 10.0. The molecule has 0 heterocycles. The zero-order valence-electron chi connectivity index (χ0n) is 11.6. The number of aryl methyl sites for hydroxylation is 1. The third-order valence-corrected chi connectivity index (χ3v) is 4.13. The van der Waals surface area contributed by atoms with E-state index in [0.29, 0.717) is 0 Å². The quantitative estimate of drug-likeness (QED) is 0.562. The second kappa shape index (κ2) is 5.39. The lowest BCUT2D eigenvalue weighted by Crippen LogP contribution is -1.96. The monoisotopic (exact) mass is 277 g/mol. The number of fused-ring (bicyclic) bond motifs is 2. The summed E-state index contributed by atoms with van der Waals surface area (Å²) < 4.78 is 0. The molecule has 1 N–H and O–H groups in total. The van der Waals surface area contributed by atoms with Crippen LogP contribution in [-0.2, 0) is 6.42 Å². The fourth-order valence-electron chi connectivity index (χ4n) is 2.96. The van der Waals surface area contributed by atoms with Gasteiger partial charge in [-0.15, -0.1) is 0 Å². The van der Waals surface area contributed by atoms with Gasteiger partial charge < -0.3 is 5.11 Å². The van der Waals surface area contributed by atoms with E-state index in [-0.39, 0.29) is 0 Å². The van der Waals surface area contributed by atoms with Crippen LogP contribution in [0.15, 0.2) is 48.5 Å². The third kappa shape index (κ3) is 2.15. The van der Waals surface area contributed by atoms with Gasteiger partial charge in [0.1, 0.15) is 0 Å². The molecule has 0 aliphatic carbocycles. The average molecular weight is 277 g/mol. The highest BCUT2D eigenvalue weighted by Crippen LogP contribution is 2.33. The summed E-state index contributed by atoms with van der Waals surface area (Å²) in [5.41, 5.74) is 2.36. The molecule has 1 atom stereocenters. The number of aliphatic hydroxyl groups is 1. The maximum Gasteiger partial charge on any atom is 0.0767 e. The van der Waals surface area contributed by atoms with Crippen LogP contribution in [0.4, 0.5) is 0 Å². The fourth-order valence-corrected chi connectivity index (χ4v) is 3.21. The standard InChI is InChI=1S/C18H17OSi/c1-12(19)14-7-4-8-16-17(9-10-20)15-6-3-2-5-13(15)11-18(14)16/h2-8,11-12,19H,9-10H2,1H3. The Bertz CT molecular complexity index is 762. The van der Waals surface area contributed by atoms with Gasteiger partial charge in [-0.05, 0) is 52.1 Å². The van der Waals surface area contributed by atoms with Gasteiger partial charge in [-0.25, -0.2) is 0 Å². The summed E-state index contributed by atoms with van der Waals surface area (Å²) in [6.45, 7) is 1.83. The Kier molecular flexibility index (Phi) is 3.60. The molecule has 1 nitrogen and oxygen atoms in total. The largest absolute Gasteiger partial charge is 0.389 e. The van der Waals surface area contributed by atoms with Gasteiger partial charge >= 0.3 is 0 Å².